The Labute approximate surface area is 289 Å². The van der Waals surface area contributed by atoms with Gasteiger partial charge >= 0.3 is 0 Å². The van der Waals surface area contributed by atoms with Gasteiger partial charge < -0.3 is 30.2 Å². The predicted molar refractivity (Wildman–Crippen MR) is 205 cm³/mol. The van der Waals surface area contributed by atoms with Crippen molar-refractivity contribution in [3.63, 3.8) is 0 Å². The summed E-state index contributed by atoms with van der Waals surface area (Å²) < 4.78 is 0. The Kier molecular flexibility index (Phi) is 8.39. The number of rotatable bonds is 8. The highest BCUT2D eigenvalue weighted by Gasteiger charge is 2.30. The maximum absolute atomic E-state index is 10.9. The highest BCUT2D eigenvalue weighted by atomic mass is 16.3. The molecule has 6 heteroatoms. The zero-order chi connectivity index (χ0) is 34.2. The number of para-hydroxylation sites is 4. The lowest BCUT2D eigenvalue weighted by molar-refractivity contribution is 0.475. The summed E-state index contributed by atoms with van der Waals surface area (Å²) in [6.45, 7) is 9.77. The van der Waals surface area contributed by atoms with Crippen LogP contribution in [-0.2, 0) is 0 Å². The summed E-state index contributed by atoms with van der Waals surface area (Å²) in [4.78, 5) is 6.79. The average Bonchev–Trinajstić information content (AvgIpc) is 3.43. The molecule has 6 nitrogen and oxygen atoms in total. The van der Waals surface area contributed by atoms with Crippen molar-refractivity contribution in [3.05, 3.63) is 144 Å². The summed E-state index contributed by atoms with van der Waals surface area (Å²) in [7, 11) is 2.11. The Morgan fingerprint density at radius 1 is 0.571 bits per heavy atom. The third-order valence-corrected chi connectivity index (χ3v) is 9.60. The van der Waals surface area contributed by atoms with E-state index in [1.165, 1.54) is 38.9 Å². The summed E-state index contributed by atoms with van der Waals surface area (Å²) in [6, 6.07) is 40.8. The van der Waals surface area contributed by atoms with E-state index >= 15 is 0 Å². The van der Waals surface area contributed by atoms with E-state index in [0.29, 0.717) is 19.0 Å². The maximum Gasteiger partial charge on any atom is 0.139 e. The summed E-state index contributed by atoms with van der Waals surface area (Å²) >= 11 is 0. The number of hydrogen-bond acceptors (Lipinski definition) is 6. The topological polar surface area (TPSA) is 62.2 Å². The van der Waals surface area contributed by atoms with Crippen LogP contribution in [0, 0.1) is 27.7 Å². The number of benzene rings is 6. The minimum Gasteiger partial charge on any atom is -0.506 e. The molecule has 49 heavy (non-hydrogen) atoms. The molecule has 0 radical (unpaired) electrons. The van der Waals surface area contributed by atoms with Gasteiger partial charge in [-0.2, -0.15) is 0 Å². The van der Waals surface area contributed by atoms with Gasteiger partial charge in [0.15, 0.2) is 0 Å². The van der Waals surface area contributed by atoms with Crippen LogP contribution in [0.5, 0.6) is 11.5 Å². The molecule has 0 saturated heterocycles. The Hall–Kier alpha value is -5.88. The molecule has 1 aliphatic rings. The first-order valence-corrected chi connectivity index (χ1v) is 16.7. The monoisotopic (exact) mass is 646 g/mol. The molecule has 0 bridgehead atoms. The highest BCUT2D eigenvalue weighted by molar-refractivity contribution is 5.89. The molecule has 0 unspecified atom stereocenters. The molecule has 1 aliphatic heterocycles. The van der Waals surface area contributed by atoms with Crippen LogP contribution in [-0.4, -0.2) is 30.6 Å². The van der Waals surface area contributed by atoms with Crippen molar-refractivity contribution >= 4 is 34.1 Å². The molecular formula is C43H42N4O2. The van der Waals surface area contributed by atoms with E-state index in [-0.39, 0.29) is 11.5 Å². The lowest BCUT2D eigenvalue weighted by Gasteiger charge is -2.30. The van der Waals surface area contributed by atoms with Gasteiger partial charge in [0.25, 0.3) is 0 Å². The standard InChI is InChI=1S/C43H42N4O2/c1-28-12-10-13-29(2)42(28)32-20-22-34(44-35-16-6-8-18-40(35)48)38(24-32)45(5)26-46-27-47(37-17-7-9-19-41(37)49)36-23-21-33(25-39(36)46)43-30(3)14-11-15-31(43)4/h6-25,44,48-49H,26-27H2,1-5H3. The van der Waals surface area contributed by atoms with Gasteiger partial charge in [0.1, 0.15) is 11.5 Å². The summed E-state index contributed by atoms with van der Waals surface area (Å²) in [5, 5.41) is 25.1. The van der Waals surface area contributed by atoms with Crippen molar-refractivity contribution in [1.29, 1.82) is 0 Å². The Morgan fingerprint density at radius 2 is 1.14 bits per heavy atom. The van der Waals surface area contributed by atoms with E-state index in [0.717, 1.165) is 34.0 Å². The number of nitrogens with one attached hydrogen (secondary N) is 1. The van der Waals surface area contributed by atoms with Crippen LogP contribution in [0.1, 0.15) is 22.3 Å². The first kappa shape index (κ1) is 31.7. The minimum atomic E-state index is 0.195. The predicted octanol–water partition coefficient (Wildman–Crippen LogP) is 10.4. The Balaban J connectivity index is 1.32. The van der Waals surface area contributed by atoms with E-state index < -0.39 is 0 Å². The van der Waals surface area contributed by atoms with Crippen LogP contribution in [0.25, 0.3) is 22.3 Å². The molecule has 6 aromatic carbocycles. The van der Waals surface area contributed by atoms with Crippen LogP contribution >= 0.6 is 0 Å². The van der Waals surface area contributed by atoms with Crippen molar-refractivity contribution in [2.24, 2.45) is 0 Å². The molecule has 0 atom stereocenters. The van der Waals surface area contributed by atoms with Crippen LogP contribution in [0.3, 0.4) is 0 Å². The molecular weight excluding hydrogens is 604 g/mol. The maximum atomic E-state index is 10.9. The first-order valence-electron chi connectivity index (χ1n) is 16.7. The molecule has 0 fully saturated rings. The van der Waals surface area contributed by atoms with E-state index in [2.05, 4.69) is 128 Å². The number of hydrogen-bond donors (Lipinski definition) is 3. The van der Waals surface area contributed by atoms with Gasteiger partial charge in [-0.15, -0.1) is 0 Å². The molecule has 3 N–H and O–H groups in total. The van der Waals surface area contributed by atoms with Crippen LogP contribution < -0.4 is 20.0 Å². The highest BCUT2D eigenvalue weighted by Crippen LogP contribution is 2.46. The molecule has 0 aliphatic carbocycles. The van der Waals surface area contributed by atoms with Gasteiger partial charge in [0.05, 0.1) is 47.5 Å². The number of phenols is 2. The van der Waals surface area contributed by atoms with Crippen molar-refractivity contribution < 1.29 is 10.2 Å². The van der Waals surface area contributed by atoms with E-state index in [9.17, 15) is 10.2 Å². The fourth-order valence-corrected chi connectivity index (χ4v) is 7.21. The van der Waals surface area contributed by atoms with Crippen molar-refractivity contribution in [3.8, 4) is 33.8 Å². The van der Waals surface area contributed by atoms with Gasteiger partial charge in [-0.1, -0.05) is 72.8 Å². The largest absolute Gasteiger partial charge is 0.506 e. The van der Waals surface area contributed by atoms with Crippen molar-refractivity contribution in [2.45, 2.75) is 27.7 Å². The molecule has 0 aromatic heterocycles. The quantitative estimate of drug-likeness (QED) is 0.143. The SMILES string of the molecule is Cc1cccc(C)c1-c1ccc(Nc2ccccc2O)c(N(C)CN2CN(c3ccccc3O)c3ccc(-c4c(C)cccc4C)cc32)c1. The number of aromatic hydroxyl groups is 2. The smallest absolute Gasteiger partial charge is 0.139 e. The zero-order valence-corrected chi connectivity index (χ0v) is 28.7. The number of aryl methyl sites for hydroxylation is 4. The third-order valence-electron chi connectivity index (χ3n) is 9.60. The number of phenolic OH excluding ortho intramolecular Hbond substituents is 2. The lowest BCUT2D eigenvalue weighted by Crippen LogP contribution is -2.37. The van der Waals surface area contributed by atoms with Gasteiger partial charge in [-0.05, 0) is 121 Å². The molecule has 0 saturated carbocycles. The van der Waals surface area contributed by atoms with E-state index in [1.54, 1.807) is 12.1 Å². The first-order chi connectivity index (χ1) is 23.7. The minimum absolute atomic E-state index is 0.195. The average molecular weight is 647 g/mol. The number of nitrogens with zero attached hydrogens (tertiary/aromatic N) is 3. The van der Waals surface area contributed by atoms with E-state index in [1.807, 2.05) is 36.4 Å². The number of anilines is 6. The Morgan fingerprint density at radius 3 is 1.78 bits per heavy atom. The van der Waals surface area contributed by atoms with Crippen LogP contribution in [0.4, 0.5) is 34.1 Å². The fraction of sp³-hybridized carbons (Fsp3) is 0.163. The summed E-state index contributed by atoms with van der Waals surface area (Å²) in [6.07, 6.45) is 0. The summed E-state index contributed by atoms with van der Waals surface area (Å²) in [5.74, 6) is 0.443. The van der Waals surface area contributed by atoms with Gasteiger partial charge in [-0.25, -0.2) is 0 Å². The molecule has 6 aromatic rings. The van der Waals surface area contributed by atoms with Gasteiger partial charge in [-0.3, -0.25) is 0 Å². The number of fused-ring (bicyclic) bond motifs is 1. The normalized spacial score (nSPS) is 12.3. The second kappa shape index (κ2) is 13.0. The third kappa shape index (κ3) is 6.02. The Bertz CT molecular complexity index is 2130. The zero-order valence-electron chi connectivity index (χ0n) is 28.7. The van der Waals surface area contributed by atoms with E-state index in [4.69, 9.17) is 0 Å². The molecule has 7 rings (SSSR count). The summed E-state index contributed by atoms with van der Waals surface area (Å²) in [5.41, 5.74) is 15.1. The molecule has 1 heterocycles. The fourth-order valence-electron chi connectivity index (χ4n) is 7.21. The van der Waals surface area contributed by atoms with Crippen molar-refractivity contribution in [2.75, 3.05) is 40.4 Å². The van der Waals surface area contributed by atoms with Crippen LogP contribution in [0.15, 0.2) is 121 Å². The molecule has 246 valence electrons. The lowest BCUT2D eigenvalue weighted by atomic mass is 9.95. The van der Waals surface area contributed by atoms with Crippen molar-refractivity contribution in [1.82, 2.24) is 0 Å². The molecule has 0 amide bonds. The second-order valence-electron chi connectivity index (χ2n) is 13.0. The molecule has 0 spiro atoms. The van der Waals surface area contributed by atoms with Crippen LogP contribution in [0.2, 0.25) is 0 Å². The van der Waals surface area contributed by atoms with Gasteiger partial charge in [0, 0.05) is 7.05 Å². The second-order valence-corrected chi connectivity index (χ2v) is 13.0. The van der Waals surface area contributed by atoms with Gasteiger partial charge in [0.2, 0.25) is 0 Å².